The van der Waals surface area contributed by atoms with Crippen molar-refractivity contribution in [3.05, 3.63) is 76.1 Å². The van der Waals surface area contributed by atoms with Crippen molar-refractivity contribution in [2.45, 2.75) is 19.0 Å². The minimum absolute atomic E-state index is 0.119. The Morgan fingerprint density at radius 1 is 1.26 bits per heavy atom. The van der Waals surface area contributed by atoms with Crippen molar-refractivity contribution in [2.75, 3.05) is 5.32 Å². The van der Waals surface area contributed by atoms with E-state index in [0.29, 0.717) is 22.1 Å². The van der Waals surface area contributed by atoms with Crippen molar-refractivity contribution in [3.63, 3.8) is 0 Å². The summed E-state index contributed by atoms with van der Waals surface area (Å²) in [7, 11) is 0. The van der Waals surface area contributed by atoms with E-state index in [1.165, 1.54) is 24.4 Å². The van der Waals surface area contributed by atoms with Gasteiger partial charge in [-0.1, -0.05) is 19.1 Å². The van der Waals surface area contributed by atoms with Crippen LogP contribution in [0.1, 0.15) is 30.1 Å². The van der Waals surface area contributed by atoms with Crippen LogP contribution < -0.4 is 11.1 Å². The average molecular weight is 552 g/mol. The van der Waals surface area contributed by atoms with Crippen LogP contribution in [0.3, 0.4) is 0 Å². The van der Waals surface area contributed by atoms with Gasteiger partial charge in [-0.25, -0.2) is 24.9 Å². The zero-order chi connectivity index (χ0) is 25.8. The largest absolute Gasteiger partial charge is 0.451 e. The van der Waals surface area contributed by atoms with Gasteiger partial charge in [-0.3, -0.25) is 5.41 Å². The Balaban J connectivity index is 2.08. The summed E-state index contributed by atoms with van der Waals surface area (Å²) in [6.45, 7) is 1.70. The summed E-state index contributed by atoms with van der Waals surface area (Å²) in [5.41, 5.74) is 15.1. The molecule has 2 aromatic heterocycles. The number of hydrogen-bond donors (Lipinski definition) is 5. The maximum absolute atomic E-state index is 13.9. The number of aliphatic imine (C=N–C) groups is 1. The average Bonchev–Trinajstić information content (AvgIpc) is 3.17. The number of amidine groups is 1. The highest BCUT2D eigenvalue weighted by Gasteiger charge is 2.34. The smallest absolute Gasteiger partial charge is 0.382 e. The van der Waals surface area contributed by atoms with Crippen molar-refractivity contribution in [3.8, 4) is 11.1 Å². The van der Waals surface area contributed by atoms with Crippen molar-refractivity contribution in [1.29, 1.82) is 10.9 Å². The Morgan fingerprint density at radius 3 is 2.49 bits per heavy atom. The molecule has 1 atom stereocenters. The van der Waals surface area contributed by atoms with Gasteiger partial charge in [-0.15, -0.1) is 0 Å². The first-order chi connectivity index (χ1) is 16.6. The summed E-state index contributed by atoms with van der Waals surface area (Å²) in [5, 5.41) is 13.5. The summed E-state index contributed by atoms with van der Waals surface area (Å²) in [4.78, 5) is 13.5. The van der Waals surface area contributed by atoms with Crippen LogP contribution in [0.4, 0.5) is 23.2 Å². The molecule has 3 aromatic rings. The van der Waals surface area contributed by atoms with Gasteiger partial charge >= 0.3 is 6.18 Å². The monoisotopic (exact) mass is 551 g/mol. The third kappa shape index (κ3) is 5.59. The number of hydrogen-bond acceptors (Lipinski definition) is 6. The van der Waals surface area contributed by atoms with Gasteiger partial charge < -0.3 is 16.0 Å². The highest BCUT2D eigenvalue weighted by molar-refractivity contribution is 9.10. The lowest BCUT2D eigenvalue weighted by molar-refractivity contribution is -0.144. The van der Waals surface area contributed by atoms with Gasteiger partial charge in [-0.05, 0) is 28.1 Å². The second-order valence-corrected chi connectivity index (χ2v) is 7.86. The van der Waals surface area contributed by atoms with E-state index in [4.69, 9.17) is 16.7 Å². The Labute approximate surface area is 204 Å². The molecule has 0 bridgehead atoms. The number of nitrogens with two attached hydrogens (primary N) is 1. The van der Waals surface area contributed by atoms with Crippen molar-refractivity contribution < 1.29 is 17.6 Å². The molecule has 35 heavy (non-hydrogen) atoms. The zero-order valence-electron chi connectivity index (χ0n) is 18.0. The van der Waals surface area contributed by atoms with Gasteiger partial charge in [0, 0.05) is 45.8 Å². The fourth-order valence-electron chi connectivity index (χ4n) is 3.13. The van der Waals surface area contributed by atoms with E-state index in [-0.39, 0.29) is 28.5 Å². The first-order valence-electron chi connectivity index (χ1n) is 9.80. The van der Waals surface area contributed by atoms with E-state index in [9.17, 15) is 17.6 Å². The molecule has 182 valence electrons. The second kappa shape index (κ2) is 10.5. The van der Waals surface area contributed by atoms with Crippen LogP contribution in [-0.4, -0.2) is 27.1 Å². The topological polar surface area (TPSA) is 152 Å². The van der Waals surface area contributed by atoms with Crippen molar-refractivity contribution >= 4 is 33.8 Å². The lowest BCUT2D eigenvalue weighted by Gasteiger charge is -2.12. The van der Waals surface area contributed by atoms with Gasteiger partial charge in [0.05, 0.1) is 17.1 Å². The molecule has 0 aliphatic carbocycles. The second-order valence-electron chi connectivity index (χ2n) is 7.07. The number of aromatic nitrogens is 3. The standard InChI is InChI=1S/C21H18BrF4N9/c1-10(14(35-29)8-30-13-5-3-2-4-12(13)23)17-16(22)15(18(34-17)19(28)33-9-27)11-6-31-20(32-7-11)21(24,25)26/h2-10,29-30,34H,1H3,(H3,27,28,33)/b14-8-,35-29?. The number of rotatable bonds is 8. The predicted octanol–water partition coefficient (Wildman–Crippen LogP) is 5.79. The van der Waals surface area contributed by atoms with Crippen LogP contribution in [0.25, 0.3) is 11.1 Å². The van der Waals surface area contributed by atoms with Gasteiger partial charge in [-0.2, -0.15) is 18.3 Å². The van der Waals surface area contributed by atoms with Crippen LogP contribution in [0.2, 0.25) is 0 Å². The zero-order valence-corrected chi connectivity index (χ0v) is 19.5. The fourth-order valence-corrected chi connectivity index (χ4v) is 4.00. The minimum Gasteiger partial charge on any atom is -0.382 e. The molecular formula is C21H18BrF4N9. The van der Waals surface area contributed by atoms with Crippen LogP contribution in [0, 0.1) is 16.8 Å². The number of allylic oxidation sites excluding steroid dienone is 1. The third-order valence-electron chi connectivity index (χ3n) is 4.87. The van der Waals surface area contributed by atoms with E-state index in [2.05, 4.69) is 46.3 Å². The Hall–Kier alpha value is -3.94. The number of H-pyrrole nitrogens is 1. The molecule has 0 saturated heterocycles. The van der Waals surface area contributed by atoms with Gasteiger partial charge in [0.1, 0.15) is 18.0 Å². The van der Waals surface area contributed by atoms with Crippen LogP contribution in [-0.2, 0) is 6.18 Å². The number of nitrogens with zero attached hydrogens (tertiary/aromatic N) is 4. The molecule has 0 aliphatic heterocycles. The van der Waals surface area contributed by atoms with E-state index < -0.39 is 23.7 Å². The van der Waals surface area contributed by atoms with Gasteiger partial charge in [0.25, 0.3) is 0 Å². The molecule has 0 saturated carbocycles. The molecule has 6 N–H and O–H groups in total. The highest BCUT2D eigenvalue weighted by Crippen LogP contribution is 2.40. The Kier molecular flexibility index (Phi) is 7.74. The van der Waals surface area contributed by atoms with E-state index >= 15 is 0 Å². The van der Waals surface area contributed by atoms with Crippen LogP contribution in [0.5, 0.6) is 0 Å². The molecule has 0 fully saturated rings. The summed E-state index contributed by atoms with van der Waals surface area (Å²) in [6, 6.07) is 5.96. The third-order valence-corrected chi connectivity index (χ3v) is 5.70. The maximum Gasteiger partial charge on any atom is 0.451 e. The Bertz CT molecular complexity index is 1300. The molecule has 2 heterocycles. The first kappa shape index (κ1) is 25.7. The van der Waals surface area contributed by atoms with Gasteiger partial charge in [0.15, 0.2) is 0 Å². The molecule has 0 amide bonds. The number of aromatic amines is 1. The number of benzene rings is 1. The number of para-hydroxylation sites is 1. The SMILES string of the molecule is CC(/C(=C/Nc1ccccc1F)N=N)c1[nH]c(/C(N)=N\C=N)c(-c2cnc(C(F)(F)F)nc2)c1Br. The lowest BCUT2D eigenvalue weighted by Crippen LogP contribution is -2.15. The molecule has 3 rings (SSSR count). The first-order valence-corrected chi connectivity index (χ1v) is 10.6. The summed E-state index contributed by atoms with van der Waals surface area (Å²) in [6.07, 6.45) is -0.658. The summed E-state index contributed by atoms with van der Waals surface area (Å²) in [5.74, 6) is -2.52. The van der Waals surface area contributed by atoms with E-state index in [1.807, 2.05) is 0 Å². The molecule has 0 aliphatic rings. The number of anilines is 1. The van der Waals surface area contributed by atoms with E-state index in [1.54, 1.807) is 13.0 Å². The number of alkyl halides is 3. The van der Waals surface area contributed by atoms with E-state index in [0.717, 1.165) is 12.4 Å². The quantitative estimate of drug-likeness (QED) is 0.104. The number of nitrogens with one attached hydrogen (secondary N) is 4. The normalized spacial score (nSPS) is 13.4. The van der Waals surface area contributed by atoms with Crippen molar-refractivity contribution in [1.82, 2.24) is 15.0 Å². The van der Waals surface area contributed by atoms with Crippen molar-refractivity contribution in [2.24, 2.45) is 15.8 Å². The predicted molar refractivity (Wildman–Crippen MR) is 126 cm³/mol. The summed E-state index contributed by atoms with van der Waals surface area (Å²) < 4.78 is 53.0. The van der Waals surface area contributed by atoms with Crippen LogP contribution >= 0.6 is 15.9 Å². The molecule has 9 nitrogen and oxygen atoms in total. The molecule has 0 radical (unpaired) electrons. The highest BCUT2D eigenvalue weighted by atomic mass is 79.9. The molecule has 0 spiro atoms. The van der Waals surface area contributed by atoms with Gasteiger partial charge in [0.2, 0.25) is 5.82 Å². The molecular weight excluding hydrogens is 534 g/mol. The minimum atomic E-state index is -4.71. The maximum atomic E-state index is 13.9. The Morgan fingerprint density at radius 2 is 1.91 bits per heavy atom. The lowest BCUT2D eigenvalue weighted by atomic mass is 10.0. The molecule has 1 aromatic carbocycles. The molecule has 14 heteroatoms. The fraction of sp³-hybridized carbons (Fsp3) is 0.143. The number of halogens is 5. The van der Waals surface area contributed by atoms with Crippen LogP contribution in [0.15, 0.2) is 63.1 Å². The molecule has 1 unspecified atom stereocenters. The summed E-state index contributed by atoms with van der Waals surface area (Å²) >= 11 is 3.43.